The minimum Gasteiger partial charge on any atom is -0.388 e. The molecule has 3 rings (SSSR count). The molecule has 2 atom stereocenters. The zero-order valence-corrected chi connectivity index (χ0v) is 17.0. The number of amides is 2. The van der Waals surface area contributed by atoms with Crippen molar-refractivity contribution in [2.45, 2.75) is 42.8 Å². The number of anilines is 1. The van der Waals surface area contributed by atoms with Crippen molar-refractivity contribution in [2.24, 2.45) is 0 Å². The molecule has 178 valence electrons. The predicted molar refractivity (Wildman–Crippen MR) is 100 cm³/mol. The van der Waals surface area contributed by atoms with E-state index in [1.54, 1.807) is 0 Å². The van der Waals surface area contributed by atoms with Crippen LogP contribution in [0.25, 0.3) is 0 Å². The summed E-state index contributed by atoms with van der Waals surface area (Å²) in [5.41, 5.74) is -3.05. The Balaban J connectivity index is 1.98. The molecule has 0 aromatic carbocycles. The molecule has 1 aliphatic carbocycles. The molecule has 0 aliphatic heterocycles. The van der Waals surface area contributed by atoms with E-state index in [-0.39, 0.29) is 11.3 Å². The maximum absolute atomic E-state index is 13.8. The highest BCUT2D eigenvalue weighted by Gasteiger charge is 2.47. The number of alkyl halides is 7. The second kappa shape index (κ2) is 9.37. The van der Waals surface area contributed by atoms with Gasteiger partial charge in [0.1, 0.15) is 12.4 Å². The van der Waals surface area contributed by atoms with Crippen LogP contribution in [0.5, 0.6) is 5.88 Å². The number of rotatable bonds is 7. The van der Waals surface area contributed by atoms with Gasteiger partial charge in [-0.05, 0) is 6.07 Å². The Morgan fingerprint density at radius 3 is 2.30 bits per heavy atom. The molecule has 8 nitrogen and oxygen atoms in total. The molecule has 2 aromatic heterocycles. The molecular formula is C18H14ClF6N5O3. The van der Waals surface area contributed by atoms with E-state index in [0.29, 0.717) is 4.90 Å². The van der Waals surface area contributed by atoms with Crippen LogP contribution in [0, 0.1) is 0 Å². The summed E-state index contributed by atoms with van der Waals surface area (Å²) in [6.07, 6.45) is -2.28. The molecule has 1 N–H and O–H groups in total. The SMILES string of the molecule is O=C(NC1CC(F)(F)C1)[C@@H](c1cncnc1)N(C(=O)[C@H](F)Cl)c1ccc(OC(F)(F)F)nc1. The number of nitrogens with one attached hydrogen (secondary N) is 1. The first-order chi connectivity index (χ1) is 15.4. The highest BCUT2D eigenvalue weighted by molar-refractivity contribution is 6.32. The number of carbonyl (C=O) groups is 2. The third-order valence-electron chi connectivity index (χ3n) is 4.48. The third-order valence-corrected chi connectivity index (χ3v) is 4.67. The summed E-state index contributed by atoms with van der Waals surface area (Å²) in [7, 11) is 0. The zero-order chi connectivity index (χ0) is 24.4. The van der Waals surface area contributed by atoms with Gasteiger partial charge < -0.3 is 10.1 Å². The summed E-state index contributed by atoms with van der Waals surface area (Å²) in [6.45, 7) is 0. The standard InChI is InChI=1S/C18H14ClF6N5O3/c19-14(20)16(32)30(11-1-2-12(28-7-11)33-18(23,24)25)13(9-5-26-8-27-6-9)15(31)29-10-3-17(21,22)4-10/h1-2,5-8,10,13-14H,3-4H2,(H,29,31)/t13-,14+/m1/s1. The van der Waals surface area contributed by atoms with Crippen LogP contribution >= 0.6 is 11.6 Å². The lowest BCUT2D eigenvalue weighted by atomic mass is 9.88. The van der Waals surface area contributed by atoms with Crippen LogP contribution in [0.1, 0.15) is 24.4 Å². The Morgan fingerprint density at radius 2 is 1.82 bits per heavy atom. The van der Waals surface area contributed by atoms with Crippen LogP contribution in [0.3, 0.4) is 0 Å². The Hall–Kier alpha value is -3.16. The van der Waals surface area contributed by atoms with Gasteiger partial charge in [-0.3, -0.25) is 14.5 Å². The predicted octanol–water partition coefficient (Wildman–Crippen LogP) is 3.29. The van der Waals surface area contributed by atoms with Gasteiger partial charge in [0.15, 0.2) is 0 Å². The first kappa shape index (κ1) is 24.5. The van der Waals surface area contributed by atoms with Gasteiger partial charge in [0, 0.05) is 42.9 Å². The Morgan fingerprint density at radius 1 is 1.18 bits per heavy atom. The molecule has 15 heteroatoms. The van der Waals surface area contributed by atoms with E-state index < -0.39 is 60.5 Å². The van der Waals surface area contributed by atoms with Crippen LogP contribution < -0.4 is 15.0 Å². The summed E-state index contributed by atoms with van der Waals surface area (Å²) < 4.78 is 81.0. The summed E-state index contributed by atoms with van der Waals surface area (Å²) in [5, 5.41) is 2.33. The smallest absolute Gasteiger partial charge is 0.388 e. The quantitative estimate of drug-likeness (QED) is 0.466. The van der Waals surface area contributed by atoms with Crippen molar-refractivity contribution < 1.29 is 40.7 Å². The maximum atomic E-state index is 13.8. The van der Waals surface area contributed by atoms with Crippen LogP contribution in [0.2, 0.25) is 0 Å². The molecule has 1 aliphatic rings. The fraction of sp³-hybridized carbons (Fsp3) is 0.389. The fourth-order valence-corrected chi connectivity index (χ4v) is 3.22. The fourth-order valence-electron chi connectivity index (χ4n) is 3.12. The molecule has 0 saturated heterocycles. The number of carbonyl (C=O) groups excluding carboxylic acids is 2. The van der Waals surface area contributed by atoms with Crippen molar-refractivity contribution in [1.29, 1.82) is 0 Å². The normalized spacial score (nSPS) is 17.4. The number of nitrogens with zero attached hydrogens (tertiary/aromatic N) is 4. The third kappa shape index (κ3) is 6.21. The zero-order valence-electron chi connectivity index (χ0n) is 16.3. The maximum Gasteiger partial charge on any atom is 0.574 e. The van der Waals surface area contributed by atoms with Crippen molar-refractivity contribution in [2.75, 3.05) is 4.90 Å². The lowest BCUT2D eigenvalue weighted by Gasteiger charge is -2.37. The van der Waals surface area contributed by atoms with Crippen molar-refractivity contribution in [3.63, 3.8) is 0 Å². The molecule has 0 bridgehead atoms. The lowest BCUT2D eigenvalue weighted by Crippen LogP contribution is -2.54. The van der Waals surface area contributed by atoms with Crippen molar-refractivity contribution >= 4 is 29.1 Å². The van der Waals surface area contributed by atoms with E-state index >= 15 is 0 Å². The van der Waals surface area contributed by atoms with Gasteiger partial charge in [-0.25, -0.2) is 28.1 Å². The van der Waals surface area contributed by atoms with Crippen molar-refractivity contribution in [1.82, 2.24) is 20.3 Å². The van der Waals surface area contributed by atoms with Crippen LogP contribution in [-0.4, -0.2) is 50.7 Å². The van der Waals surface area contributed by atoms with Crippen LogP contribution in [0.15, 0.2) is 37.1 Å². The highest BCUT2D eigenvalue weighted by atomic mass is 35.5. The molecule has 33 heavy (non-hydrogen) atoms. The van der Waals surface area contributed by atoms with Gasteiger partial charge in [0.05, 0.1) is 11.9 Å². The summed E-state index contributed by atoms with van der Waals surface area (Å²) in [6, 6.07) is -0.990. The molecule has 0 unspecified atom stereocenters. The summed E-state index contributed by atoms with van der Waals surface area (Å²) in [5.74, 6) is -6.31. The molecular weight excluding hydrogens is 484 g/mol. The number of hydrogen-bond donors (Lipinski definition) is 1. The summed E-state index contributed by atoms with van der Waals surface area (Å²) >= 11 is 5.30. The number of hydrogen-bond acceptors (Lipinski definition) is 6. The Bertz CT molecular complexity index is 985. The van der Waals surface area contributed by atoms with E-state index in [4.69, 9.17) is 11.6 Å². The average Bonchev–Trinajstić information content (AvgIpc) is 2.70. The number of aromatic nitrogens is 3. The van der Waals surface area contributed by atoms with Gasteiger partial charge in [-0.1, -0.05) is 11.6 Å². The molecule has 2 amide bonds. The van der Waals surface area contributed by atoms with Gasteiger partial charge in [-0.2, -0.15) is 0 Å². The topological polar surface area (TPSA) is 97.3 Å². The Kier molecular flexibility index (Phi) is 6.95. The first-order valence-electron chi connectivity index (χ1n) is 9.12. The van der Waals surface area contributed by atoms with Crippen LogP contribution in [0.4, 0.5) is 32.0 Å². The Labute approximate surface area is 186 Å². The van der Waals surface area contributed by atoms with E-state index in [1.807, 2.05) is 0 Å². The van der Waals surface area contributed by atoms with E-state index in [0.717, 1.165) is 37.1 Å². The lowest BCUT2D eigenvalue weighted by molar-refractivity contribution is -0.276. The van der Waals surface area contributed by atoms with Crippen molar-refractivity contribution in [3.8, 4) is 5.88 Å². The second-order valence-electron chi connectivity index (χ2n) is 6.96. The average molecular weight is 498 g/mol. The molecule has 2 heterocycles. The van der Waals surface area contributed by atoms with Gasteiger partial charge in [0.25, 0.3) is 17.5 Å². The second-order valence-corrected chi connectivity index (χ2v) is 7.34. The number of pyridine rings is 1. The number of ether oxygens (including phenoxy) is 1. The van der Waals surface area contributed by atoms with E-state index in [1.165, 1.54) is 0 Å². The largest absolute Gasteiger partial charge is 0.574 e. The van der Waals surface area contributed by atoms with Gasteiger partial charge in [0.2, 0.25) is 11.8 Å². The molecule has 1 saturated carbocycles. The van der Waals surface area contributed by atoms with Crippen LogP contribution in [-0.2, 0) is 9.59 Å². The van der Waals surface area contributed by atoms with Crippen molar-refractivity contribution in [3.05, 3.63) is 42.6 Å². The monoisotopic (exact) mass is 497 g/mol. The first-order valence-corrected chi connectivity index (χ1v) is 9.56. The number of halogens is 7. The minimum absolute atomic E-state index is 0.0534. The highest BCUT2D eigenvalue weighted by Crippen LogP contribution is 2.38. The molecule has 1 fully saturated rings. The van der Waals surface area contributed by atoms with E-state index in [2.05, 4.69) is 25.0 Å². The van der Waals surface area contributed by atoms with Gasteiger partial charge in [-0.15, -0.1) is 13.2 Å². The molecule has 2 aromatic rings. The summed E-state index contributed by atoms with van der Waals surface area (Å²) in [4.78, 5) is 36.9. The molecule has 0 spiro atoms. The minimum atomic E-state index is -5.04. The van der Waals surface area contributed by atoms with Gasteiger partial charge >= 0.3 is 6.36 Å². The van der Waals surface area contributed by atoms with E-state index in [9.17, 15) is 35.9 Å². The molecule has 0 radical (unpaired) electrons.